The zero-order valence-electron chi connectivity index (χ0n) is 6.89. The van der Waals surface area contributed by atoms with Gasteiger partial charge in [0.1, 0.15) is 0 Å². The monoisotopic (exact) mass is 152 g/mol. The van der Waals surface area contributed by atoms with Gasteiger partial charge in [0.05, 0.1) is 12.7 Å². The predicted molar refractivity (Wildman–Crippen MR) is 45.1 cm³/mol. The molecule has 0 spiro atoms. The van der Waals surface area contributed by atoms with Gasteiger partial charge in [-0.1, -0.05) is 24.8 Å². The predicted octanol–water partition coefficient (Wildman–Crippen LogP) is 1.85. The first kappa shape index (κ1) is 9.69. The van der Waals surface area contributed by atoms with Crippen LogP contribution >= 0.6 is 0 Å². The first-order chi connectivity index (χ1) is 5.11. The van der Waals surface area contributed by atoms with Crippen LogP contribution in [0.3, 0.4) is 0 Å². The van der Waals surface area contributed by atoms with E-state index in [1.165, 1.54) is 7.11 Å². The van der Waals surface area contributed by atoms with E-state index in [0.29, 0.717) is 5.57 Å². The lowest BCUT2D eigenvalue weighted by molar-refractivity contribution is -0.135. The van der Waals surface area contributed by atoms with Gasteiger partial charge in [0.15, 0.2) is 0 Å². The molecule has 0 aromatic rings. The number of carbonyl (C=O) groups excluding carboxylic acids is 1. The fourth-order valence-electron chi connectivity index (χ4n) is 0.524. The average Bonchev–Trinajstić information content (AvgIpc) is 2.02. The number of rotatable bonds is 3. The second kappa shape index (κ2) is 4.50. The van der Waals surface area contributed by atoms with Crippen LogP contribution in [-0.4, -0.2) is 13.1 Å². The standard InChI is InChI=1S/C9H12O2/c1-5-7(2)6-8(3)9(10)11-4/h5-6H,1,3H2,2,4H3. The molecule has 0 bridgehead atoms. The molecule has 0 fully saturated rings. The summed E-state index contributed by atoms with van der Waals surface area (Å²) in [6.45, 7) is 8.89. The molecule has 0 N–H and O–H groups in total. The Hall–Kier alpha value is -1.31. The fraction of sp³-hybridized carbons (Fsp3) is 0.222. The van der Waals surface area contributed by atoms with E-state index in [9.17, 15) is 4.79 Å². The minimum absolute atomic E-state index is 0.338. The van der Waals surface area contributed by atoms with Crippen molar-refractivity contribution in [3.05, 3.63) is 36.5 Å². The quantitative estimate of drug-likeness (QED) is 0.350. The molecular formula is C9H12O2. The molecule has 11 heavy (non-hydrogen) atoms. The lowest BCUT2D eigenvalue weighted by Gasteiger charge is -1.97. The van der Waals surface area contributed by atoms with Gasteiger partial charge in [-0.05, 0) is 13.0 Å². The molecule has 0 rings (SSSR count). The molecule has 0 amide bonds. The second-order valence-corrected chi connectivity index (χ2v) is 2.11. The molecule has 0 aliphatic heterocycles. The van der Waals surface area contributed by atoms with Crippen molar-refractivity contribution >= 4 is 5.97 Å². The summed E-state index contributed by atoms with van der Waals surface area (Å²) in [6.07, 6.45) is 3.27. The molecule has 0 unspecified atom stereocenters. The topological polar surface area (TPSA) is 26.3 Å². The van der Waals surface area contributed by atoms with Crippen LogP contribution in [-0.2, 0) is 9.53 Å². The highest BCUT2D eigenvalue weighted by Gasteiger charge is 2.01. The molecule has 60 valence electrons. The van der Waals surface area contributed by atoms with Crippen molar-refractivity contribution in [2.45, 2.75) is 6.92 Å². The SMILES string of the molecule is C=CC(C)=CC(=C)C(=O)OC. The molecule has 2 heteroatoms. The number of allylic oxidation sites excluding steroid dienone is 2. The van der Waals surface area contributed by atoms with Gasteiger partial charge in [-0.25, -0.2) is 4.79 Å². The number of methoxy groups -OCH3 is 1. The van der Waals surface area contributed by atoms with Gasteiger partial charge in [0.25, 0.3) is 0 Å². The smallest absolute Gasteiger partial charge is 0.337 e. The molecule has 0 aliphatic carbocycles. The third-order valence-corrected chi connectivity index (χ3v) is 1.17. The second-order valence-electron chi connectivity index (χ2n) is 2.11. The highest BCUT2D eigenvalue weighted by Crippen LogP contribution is 2.01. The van der Waals surface area contributed by atoms with E-state index in [0.717, 1.165) is 5.57 Å². The molecule has 2 nitrogen and oxygen atoms in total. The summed E-state index contributed by atoms with van der Waals surface area (Å²) < 4.78 is 4.44. The molecule has 0 radical (unpaired) electrons. The first-order valence-corrected chi connectivity index (χ1v) is 3.19. The normalized spacial score (nSPS) is 10.5. The molecule has 0 aliphatic rings. The zero-order valence-corrected chi connectivity index (χ0v) is 6.89. The van der Waals surface area contributed by atoms with Crippen LogP contribution in [0.25, 0.3) is 0 Å². The lowest BCUT2D eigenvalue weighted by Crippen LogP contribution is -2.01. The Morgan fingerprint density at radius 1 is 1.55 bits per heavy atom. The molecule has 0 saturated heterocycles. The lowest BCUT2D eigenvalue weighted by atomic mass is 10.2. The van der Waals surface area contributed by atoms with Gasteiger partial charge < -0.3 is 4.74 Å². The number of ether oxygens (including phenoxy) is 1. The van der Waals surface area contributed by atoms with E-state index >= 15 is 0 Å². The van der Waals surface area contributed by atoms with E-state index in [4.69, 9.17) is 0 Å². The molecule has 0 aromatic heterocycles. The van der Waals surface area contributed by atoms with Crippen LogP contribution in [0, 0.1) is 0 Å². The zero-order chi connectivity index (χ0) is 8.85. The van der Waals surface area contributed by atoms with E-state index in [1.807, 2.05) is 6.92 Å². The van der Waals surface area contributed by atoms with Gasteiger partial charge in [-0.15, -0.1) is 0 Å². The van der Waals surface area contributed by atoms with Gasteiger partial charge in [-0.2, -0.15) is 0 Å². The highest BCUT2D eigenvalue weighted by molar-refractivity contribution is 5.90. The van der Waals surface area contributed by atoms with Gasteiger partial charge in [0.2, 0.25) is 0 Å². The van der Waals surface area contributed by atoms with Crippen LogP contribution in [0.2, 0.25) is 0 Å². The minimum atomic E-state index is -0.411. The average molecular weight is 152 g/mol. The molecule has 0 atom stereocenters. The van der Waals surface area contributed by atoms with Gasteiger partial charge >= 0.3 is 5.97 Å². The summed E-state index contributed by atoms with van der Waals surface area (Å²) in [5.74, 6) is -0.411. The Balaban J connectivity index is 4.28. The summed E-state index contributed by atoms with van der Waals surface area (Å²) in [6, 6.07) is 0. The summed E-state index contributed by atoms with van der Waals surface area (Å²) in [7, 11) is 1.32. The Kier molecular flexibility index (Phi) is 3.96. The number of hydrogen-bond donors (Lipinski definition) is 0. The Morgan fingerprint density at radius 3 is 2.45 bits per heavy atom. The third kappa shape index (κ3) is 3.40. The summed E-state index contributed by atoms with van der Waals surface area (Å²) >= 11 is 0. The van der Waals surface area contributed by atoms with Crippen LogP contribution in [0.4, 0.5) is 0 Å². The number of esters is 1. The van der Waals surface area contributed by atoms with Crippen molar-refractivity contribution in [2.24, 2.45) is 0 Å². The summed E-state index contributed by atoms with van der Waals surface area (Å²) in [4.78, 5) is 10.8. The molecule has 0 heterocycles. The van der Waals surface area contributed by atoms with Gasteiger partial charge in [0, 0.05) is 0 Å². The van der Waals surface area contributed by atoms with Crippen molar-refractivity contribution in [3.63, 3.8) is 0 Å². The highest BCUT2D eigenvalue weighted by atomic mass is 16.5. The van der Waals surface area contributed by atoms with E-state index in [1.54, 1.807) is 12.2 Å². The van der Waals surface area contributed by atoms with E-state index in [2.05, 4.69) is 17.9 Å². The van der Waals surface area contributed by atoms with Crippen molar-refractivity contribution in [1.29, 1.82) is 0 Å². The number of carbonyl (C=O) groups is 1. The maximum Gasteiger partial charge on any atom is 0.337 e. The van der Waals surface area contributed by atoms with Crippen molar-refractivity contribution in [2.75, 3.05) is 7.11 Å². The van der Waals surface area contributed by atoms with Crippen LogP contribution in [0.15, 0.2) is 36.5 Å². The minimum Gasteiger partial charge on any atom is -0.465 e. The van der Waals surface area contributed by atoms with E-state index < -0.39 is 5.97 Å². The molecular weight excluding hydrogens is 140 g/mol. The largest absolute Gasteiger partial charge is 0.465 e. The fourth-order valence-corrected chi connectivity index (χ4v) is 0.524. The first-order valence-electron chi connectivity index (χ1n) is 3.19. The summed E-state index contributed by atoms with van der Waals surface area (Å²) in [5, 5.41) is 0. The Morgan fingerprint density at radius 2 is 2.09 bits per heavy atom. The van der Waals surface area contributed by atoms with Crippen LogP contribution in [0.1, 0.15) is 6.92 Å². The van der Waals surface area contributed by atoms with Crippen molar-refractivity contribution in [3.8, 4) is 0 Å². The van der Waals surface area contributed by atoms with E-state index in [-0.39, 0.29) is 0 Å². The van der Waals surface area contributed by atoms with Crippen LogP contribution in [0.5, 0.6) is 0 Å². The van der Waals surface area contributed by atoms with Gasteiger partial charge in [-0.3, -0.25) is 0 Å². The Bertz CT molecular complexity index is 212. The summed E-state index contributed by atoms with van der Waals surface area (Å²) in [5.41, 5.74) is 1.23. The molecule has 0 saturated carbocycles. The third-order valence-electron chi connectivity index (χ3n) is 1.17. The maximum atomic E-state index is 10.8. The van der Waals surface area contributed by atoms with Crippen molar-refractivity contribution < 1.29 is 9.53 Å². The van der Waals surface area contributed by atoms with Crippen LogP contribution < -0.4 is 0 Å². The maximum absolute atomic E-state index is 10.8. The number of hydrogen-bond acceptors (Lipinski definition) is 2. The molecule has 0 aromatic carbocycles. The van der Waals surface area contributed by atoms with Crippen molar-refractivity contribution in [1.82, 2.24) is 0 Å². The Labute approximate surface area is 66.9 Å².